The van der Waals surface area contributed by atoms with Crippen LogP contribution in [0.4, 0.5) is 4.39 Å². The van der Waals surface area contributed by atoms with E-state index in [1.165, 1.54) is 30.5 Å². The number of hydrazone groups is 1. The number of carbonyl (C=O) groups excluding carboxylic acids is 2. The second-order valence-corrected chi connectivity index (χ2v) is 6.33. The summed E-state index contributed by atoms with van der Waals surface area (Å²) in [6.45, 7) is 0.194. The van der Waals surface area contributed by atoms with Gasteiger partial charge < -0.3 is 10.1 Å². The fourth-order valence-corrected chi connectivity index (χ4v) is 2.51. The molecule has 0 bridgehead atoms. The summed E-state index contributed by atoms with van der Waals surface area (Å²) in [5, 5.41) is 6.32. The number of rotatable bonds is 8. The molecule has 7 heteroatoms. The van der Waals surface area contributed by atoms with Gasteiger partial charge in [0.15, 0.2) is 0 Å². The lowest BCUT2D eigenvalue weighted by atomic mass is 10.2. The van der Waals surface area contributed by atoms with Crippen molar-refractivity contribution in [2.45, 2.75) is 6.61 Å². The van der Waals surface area contributed by atoms with E-state index in [1.54, 1.807) is 6.07 Å². The zero-order valence-electron chi connectivity index (χ0n) is 16.0. The Morgan fingerprint density at radius 2 is 1.73 bits per heavy atom. The number of hydrogen-bond donors (Lipinski definition) is 2. The zero-order chi connectivity index (χ0) is 21.2. The number of nitrogens with one attached hydrogen (secondary N) is 2. The predicted molar refractivity (Wildman–Crippen MR) is 112 cm³/mol. The van der Waals surface area contributed by atoms with Crippen LogP contribution in [0.5, 0.6) is 5.75 Å². The van der Waals surface area contributed by atoms with Crippen LogP contribution in [0.1, 0.15) is 21.5 Å². The highest BCUT2D eigenvalue weighted by atomic mass is 19.1. The molecule has 3 aromatic rings. The third-order valence-corrected chi connectivity index (χ3v) is 4.03. The molecule has 0 aliphatic heterocycles. The number of ether oxygens (including phenoxy) is 1. The lowest BCUT2D eigenvalue weighted by molar-refractivity contribution is -0.120. The predicted octanol–water partition coefficient (Wildman–Crippen LogP) is 3.28. The first-order valence-electron chi connectivity index (χ1n) is 9.22. The molecule has 3 aromatic carbocycles. The van der Waals surface area contributed by atoms with Crippen molar-refractivity contribution in [3.8, 4) is 5.75 Å². The van der Waals surface area contributed by atoms with Crippen molar-refractivity contribution in [3.05, 3.63) is 101 Å². The van der Waals surface area contributed by atoms with E-state index in [2.05, 4.69) is 15.8 Å². The molecule has 0 saturated carbocycles. The Hall–Kier alpha value is -4.00. The van der Waals surface area contributed by atoms with Crippen molar-refractivity contribution in [2.75, 3.05) is 6.54 Å². The minimum Gasteiger partial charge on any atom is -0.489 e. The second-order valence-electron chi connectivity index (χ2n) is 6.33. The molecule has 3 rings (SSSR count). The highest BCUT2D eigenvalue weighted by molar-refractivity contribution is 5.96. The zero-order valence-corrected chi connectivity index (χ0v) is 16.0. The molecule has 2 N–H and O–H groups in total. The molecule has 0 fully saturated rings. The molecule has 152 valence electrons. The van der Waals surface area contributed by atoms with E-state index >= 15 is 0 Å². The van der Waals surface area contributed by atoms with E-state index in [1.807, 2.05) is 48.5 Å². The van der Waals surface area contributed by atoms with Crippen molar-refractivity contribution in [1.82, 2.24) is 10.7 Å². The van der Waals surface area contributed by atoms with Crippen LogP contribution in [0.2, 0.25) is 0 Å². The maximum Gasteiger partial charge on any atom is 0.259 e. The Bertz CT molecular complexity index is 1020. The maximum atomic E-state index is 12.9. The van der Waals surface area contributed by atoms with Crippen LogP contribution < -0.4 is 15.5 Å². The number of carbonyl (C=O) groups is 2. The fraction of sp³-hybridized carbons (Fsp3) is 0.0870. The molecule has 0 aliphatic rings. The van der Waals surface area contributed by atoms with Crippen LogP contribution in [-0.2, 0) is 11.4 Å². The second kappa shape index (κ2) is 10.5. The van der Waals surface area contributed by atoms with Crippen LogP contribution in [0.15, 0.2) is 84.0 Å². The number of nitrogens with zero attached hydrogens (tertiary/aromatic N) is 1. The highest BCUT2D eigenvalue weighted by Gasteiger charge is 2.07. The van der Waals surface area contributed by atoms with Gasteiger partial charge in [-0.3, -0.25) is 9.59 Å². The Kier molecular flexibility index (Phi) is 7.27. The van der Waals surface area contributed by atoms with Gasteiger partial charge in [0.1, 0.15) is 18.2 Å². The summed E-state index contributed by atoms with van der Waals surface area (Å²) in [4.78, 5) is 23.7. The van der Waals surface area contributed by atoms with Crippen molar-refractivity contribution in [1.29, 1.82) is 0 Å². The molecule has 6 nitrogen and oxygen atoms in total. The van der Waals surface area contributed by atoms with Gasteiger partial charge in [0.2, 0.25) is 0 Å². The molecular weight excluding hydrogens is 385 g/mol. The van der Waals surface area contributed by atoms with Gasteiger partial charge in [-0.15, -0.1) is 0 Å². The average molecular weight is 405 g/mol. The van der Waals surface area contributed by atoms with Crippen molar-refractivity contribution in [3.63, 3.8) is 0 Å². The molecule has 0 atom stereocenters. The molecule has 0 spiro atoms. The SMILES string of the molecule is O=C(CNC(=O)c1ccc(F)cc1)NN=Cc1cccc(OCc2ccccc2)c1. The Morgan fingerprint density at radius 1 is 0.967 bits per heavy atom. The summed E-state index contributed by atoms with van der Waals surface area (Å²) in [7, 11) is 0. The largest absolute Gasteiger partial charge is 0.489 e. The van der Waals surface area contributed by atoms with Gasteiger partial charge in [0.25, 0.3) is 11.8 Å². The molecule has 30 heavy (non-hydrogen) atoms. The monoisotopic (exact) mass is 405 g/mol. The lowest BCUT2D eigenvalue weighted by Gasteiger charge is -2.07. The summed E-state index contributed by atoms with van der Waals surface area (Å²) < 4.78 is 18.6. The van der Waals surface area contributed by atoms with Gasteiger partial charge in [0.05, 0.1) is 12.8 Å². The third kappa shape index (κ3) is 6.56. The maximum absolute atomic E-state index is 12.9. The number of halogens is 1. The van der Waals surface area contributed by atoms with E-state index in [-0.39, 0.29) is 12.1 Å². The fourth-order valence-electron chi connectivity index (χ4n) is 2.51. The Morgan fingerprint density at radius 3 is 2.50 bits per heavy atom. The van der Waals surface area contributed by atoms with E-state index in [0.29, 0.717) is 12.4 Å². The van der Waals surface area contributed by atoms with Gasteiger partial charge >= 0.3 is 0 Å². The smallest absolute Gasteiger partial charge is 0.259 e. The van der Waals surface area contributed by atoms with E-state index in [0.717, 1.165) is 11.1 Å². The standard InChI is InChI=1S/C23H20FN3O3/c24-20-11-9-19(10-12-20)23(29)25-15-22(28)27-26-14-18-7-4-8-21(13-18)30-16-17-5-2-1-3-6-17/h1-14H,15-16H2,(H,25,29)(H,27,28). The molecule has 0 heterocycles. The van der Waals surface area contributed by atoms with Crippen LogP contribution in [0, 0.1) is 5.82 Å². The van der Waals surface area contributed by atoms with E-state index < -0.39 is 17.6 Å². The minimum absolute atomic E-state index is 0.256. The third-order valence-electron chi connectivity index (χ3n) is 4.03. The Balaban J connectivity index is 1.44. The number of hydrogen-bond acceptors (Lipinski definition) is 4. The molecule has 0 aromatic heterocycles. The molecule has 0 saturated heterocycles. The van der Waals surface area contributed by atoms with Gasteiger partial charge in [-0.05, 0) is 47.5 Å². The van der Waals surface area contributed by atoms with Crippen LogP contribution in [0.25, 0.3) is 0 Å². The van der Waals surface area contributed by atoms with E-state index in [4.69, 9.17) is 4.74 Å². The minimum atomic E-state index is -0.488. The normalized spacial score (nSPS) is 10.6. The quantitative estimate of drug-likeness (QED) is 0.446. The summed E-state index contributed by atoms with van der Waals surface area (Å²) in [5.74, 6) is -0.718. The summed E-state index contributed by atoms with van der Waals surface area (Å²) >= 11 is 0. The first-order valence-corrected chi connectivity index (χ1v) is 9.22. The molecule has 0 radical (unpaired) electrons. The van der Waals surface area contributed by atoms with Gasteiger partial charge in [-0.25, -0.2) is 9.82 Å². The van der Waals surface area contributed by atoms with Gasteiger partial charge in [-0.1, -0.05) is 42.5 Å². The lowest BCUT2D eigenvalue weighted by Crippen LogP contribution is -2.34. The number of amides is 2. The van der Waals surface area contributed by atoms with Gasteiger partial charge in [-0.2, -0.15) is 5.10 Å². The van der Waals surface area contributed by atoms with Crippen LogP contribution >= 0.6 is 0 Å². The Labute approximate surface area is 173 Å². The molecular formula is C23H20FN3O3. The van der Waals surface area contributed by atoms with E-state index in [9.17, 15) is 14.0 Å². The van der Waals surface area contributed by atoms with Crippen molar-refractivity contribution in [2.24, 2.45) is 5.10 Å². The van der Waals surface area contributed by atoms with Crippen molar-refractivity contribution >= 4 is 18.0 Å². The molecule has 2 amide bonds. The van der Waals surface area contributed by atoms with Gasteiger partial charge in [0, 0.05) is 5.56 Å². The van der Waals surface area contributed by atoms with Crippen LogP contribution in [-0.4, -0.2) is 24.6 Å². The summed E-state index contributed by atoms with van der Waals surface area (Å²) in [6, 6.07) is 22.1. The summed E-state index contributed by atoms with van der Waals surface area (Å²) in [5.41, 5.74) is 4.41. The van der Waals surface area contributed by atoms with Crippen LogP contribution in [0.3, 0.4) is 0 Å². The molecule has 0 aliphatic carbocycles. The number of benzene rings is 3. The topological polar surface area (TPSA) is 79.8 Å². The summed E-state index contributed by atoms with van der Waals surface area (Å²) in [6.07, 6.45) is 1.48. The average Bonchev–Trinajstić information content (AvgIpc) is 2.77. The highest BCUT2D eigenvalue weighted by Crippen LogP contribution is 2.14. The van der Waals surface area contributed by atoms with Crippen molar-refractivity contribution < 1.29 is 18.7 Å². The first-order chi connectivity index (χ1) is 14.6. The first kappa shape index (κ1) is 20.7. The molecule has 0 unspecified atom stereocenters.